The van der Waals surface area contributed by atoms with Crippen molar-refractivity contribution in [3.8, 4) is 0 Å². The normalized spacial score (nSPS) is 15.2. The van der Waals surface area contributed by atoms with E-state index in [1.54, 1.807) is 0 Å². The van der Waals surface area contributed by atoms with E-state index in [1.807, 2.05) is 6.92 Å². The second-order valence-electron chi connectivity index (χ2n) is 3.19. The van der Waals surface area contributed by atoms with Crippen molar-refractivity contribution in [3.05, 3.63) is 0 Å². The lowest BCUT2D eigenvalue weighted by molar-refractivity contribution is -0.148. The third-order valence-electron chi connectivity index (χ3n) is 1.84. The van der Waals surface area contributed by atoms with Gasteiger partial charge in [0.05, 0.1) is 0 Å². The monoisotopic (exact) mass is 189 g/mol. The molecule has 2 unspecified atom stereocenters. The zero-order chi connectivity index (χ0) is 10.4. The van der Waals surface area contributed by atoms with Crippen LogP contribution in [-0.4, -0.2) is 39.9 Å². The highest BCUT2D eigenvalue weighted by Crippen LogP contribution is 2.02. The van der Waals surface area contributed by atoms with Crippen LogP contribution in [0.1, 0.15) is 33.6 Å². The maximum Gasteiger partial charge on any atom is 0.253 e. The van der Waals surface area contributed by atoms with Crippen LogP contribution in [0.3, 0.4) is 0 Å². The van der Waals surface area contributed by atoms with Crippen LogP contribution in [0, 0.1) is 0 Å². The first kappa shape index (κ1) is 12.4. The number of aliphatic hydroxyl groups excluding tert-OH is 2. The number of aliphatic hydroxyl groups is 2. The fourth-order valence-corrected chi connectivity index (χ4v) is 1.05. The topological polar surface area (TPSA) is 60.8 Å². The summed E-state index contributed by atoms with van der Waals surface area (Å²) in [6, 6.07) is 0. The Morgan fingerprint density at radius 3 is 2.23 bits per heavy atom. The van der Waals surface area contributed by atoms with Crippen LogP contribution in [0.15, 0.2) is 0 Å². The molecule has 0 saturated carbocycles. The summed E-state index contributed by atoms with van der Waals surface area (Å²) in [4.78, 5) is 12.6. The van der Waals surface area contributed by atoms with Gasteiger partial charge in [-0.05, 0) is 20.3 Å². The number of rotatable bonds is 5. The molecular weight excluding hydrogens is 170 g/mol. The smallest absolute Gasteiger partial charge is 0.253 e. The van der Waals surface area contributed by atoms with Gasteiger partial charge in [-0.2, -0.15) is 0 Å². The Balaban J connectivity index is 4.16. The molecule has 0 heterocycles. The van der Waals surface area contributed by atoms with Crippen molar-refractivity contribution in [1.82, 2.24) is 4.90 Å². The van der Waals surface area contributed by atoms with Crippen LogP contribution < -0.4 is 0 Å². The molecule has 0 aromatic carbocycles. The summed E-state index contributed by atoms with van der Waals surface area (Å²) in [5.41, 5.74) is 0. The minimum absolute atomic E-state index is 0.413. The second-order valence-corrected chi connectivity index (χ2v) is 3.19. The van der Waals surface area contributed by atoms with E-state index < -0.39 is 18.2 Å². The molecule has 2 N–H and O–H groups in total. The van der Waals surface area contributed by atoms with Gasteiger partial charge in [0.2, 0.25) is 0 Å². The van der Waals surface area contributed by atoms with Crippen LogP contribution >= 0.6 is 0 Å². The molecule has 0 aromatic heterocycles. The van der Waals surface area contributed by atoms with E-state index in [0.717, 1.165) is 12.8 Å². The highest BCUT2D eigenvalue weighted by molar-refractivity contribution is 5.80. The maximum absolute atomic E-state index is 11.3. The number of carbonyl (C=O) groups is 1. The van der Waals surface area contributed by atoms with Crippen LogP contribution in [-0.2, 0) is 4.79 Å². The van der Waals surface area contributed by atoms with Crippen molar-refractivity contribution in [2.45, 2.75) is 45.9 Å². The number of amides is 1. The van der Waals surface area contributed by atoms with E-state index in [0.29, 0.717) is 6.54 Å². The van der Waals surface area contributed by atoms with Gasteiger partial charge < -0.3 is 15.1 Å². The van der Waals surface area contributed by atoms with Crippen molar-refractivity contribution in [1.29, 1.82) is 0 Å². The Hall–Kier alpha value is -0.610. The molecule has 0 saturated heterocycles. The molecule has 0 fully saturated rings. The van der Waals surface area contributed by atoms with E-state index in [4.69, 9.17) is 5.11 Å². The summed E-state index contributed by atoms with van der Waals surface area (Å²) in [5, 5.41) is 18.3. The Morgan fingerprint density at radius 1 is 1.38 bits per heavy atom. The number of unbranched alkanes of at least 4 members (excludes halogenated alkanes) is 1. The van der Waals surface area contributed by atoms with Gasteiger partial charge in [-0.3, -0.25) is 4.79 Å². The van der Waals surface area contributed by atoms with Crippen LogP contribution in [0.2, 0.25) is 0 Å². The minimum Gasteiger partial charge on any atom is -0.384 e. The SMILES string of the molecule is CCCCN(C(=O)C(C)O)C(C)O. The molecule has 0 aromatic rings. The molecule has 0 aliphatic rings. The van der Waals surface area contributed by atoms with Gasteiger partial charge in [0.25, 0.3) is 5.91 Å². The van der Waals surface area contributed by atoms with Crippen molar-refractivity contribution < 1.29 is 15.0 Å². The van der Waals surface area contributed by atoms with E-state index >= 15 is 0 Å². The van der Waals surface area contributed by atoms with Crippen molar-refractivity contribution >= 4 is 5.91 Å². The third kappa shape index (κ3) is 4.24. The molecule has 0 aliphatic carbocycles. The first-order valence-corrected chi connectivity index (χ1v) is 4.67. The first-order chi connectivity index (χ1) is 6.00. The van der Waals surface area contributed by atoms with Crippen LogP contribution in [0.5, 0.6) is 0 Å². The Kier molecular flexibility index (Phi) is 5.66. The standard InChI is InChI=1S/C9H19NO3/c1-4-5-6-10(8(3)12)9(13)7(2)11/h7-8,11-12H,4-6H2,1-3H3. The van der Waals surface area contributed by atoms with Gasteiger partial charge in [-0.15, -0.1) is 0 Å². The summed E-state index contributed by atoms with van der Waals surface area (Å²) in [7, 11) is 0. The summed E-state index contributed by atoms with van der Waals surface area (Å²) in [6.07, 6.45) is -0.0697. The number of hydrogen-bond acceptors (Lipinski definition) is 3. The average molecular weight is 189 g/mol. The highest BCUT2D eigenvalue weighted by Gasteiger charge is 2.21. The molecule has 4 heteroatoms. The van der Waals surface area contributed by atoms with E-state index in [1.165, 1.54) is 18.7 Å². The van der Waals surface area contributed by atoms with Crippen LogP contribution in [0.4, 0.5) is 0 Å². The van der Waals surface area contributed by atoms with Gasteiger partial charge in [0.15, 0.2) is 0 Å². The molecule has 13 heavy (non-hydrogen) atoms. The predicted molar refractivity (Wildman–Crippen MR) is 50.0 cm³/mol. The molecule has 0 rings (SSSR count). The molecule has 0 bridgehead atoms. The molecule has 0 radical (unpaired) electrons. The van der Waals surface area contributed by atoms with Gasteiger partial charge >= 0.3 is 0 Å². The molecule has 0 aliphatic heterocycles. The molecule has 1 amide bonds. The summed E-state index contributed by atoms with van der Waals surface area (Å²) >= 11 is 0. The van der Waals surface area contributed by atoms with Crippen LogP contribution in [0.25, 0.3) is 0 Å². The molecule has 4 nitrogen and oxygen atoms in total. The Morgan fingerprint density at radius 2 is 1.92 bits per heavy atom. The van der Waals surface area contributed by atoms with Gasteiger partial charge in [-0.25, -0.2) is 0 Å². The molecule has 0 spiro atoms. The third-order valence-corrected chi connectivity index (χ3v) is 1.84. The van der Waals surface area contributed by atoms with Gasteiger partial charge in [0, 0.05) is 6.54 Å². The summed E-state index contributed by atoms with van der Waals surface area (Å²) in [6.45, 7) is 5.44. The summed E-state index contributed by atoms with van der Waals surface area (Å²) in [5.74, 6) is -0.413. The van der Waals surface area contributed by atoms with Gasteiger partial charge in [0.1, 0.15) is 12.3 Å². The largest absolute Gasteiger partial charge is 0.384 e. The second kappa shape index (κ2) is 5.94. The van der Waals surface area contributed by atoms with E-state index in [9.17, 15) is 9.90 Å². The fourth-order valence-electron chi connectivity index (χ4n) is 1.05. The molecular formula is C9H19NO3. The zero-order valence-electron chi connectivity index (χ0n) is 8.53. The number of hydrogen-bond donors (Lipinski definition) is 2. The van der Waals surface area contributed by atoms with Crippen molar-refractivity contribution in [2.24, 2.45) is 0 Å². The first-order valence-electron chi connectivity index (χ1n) is 4.67. The Labute approximate surface area is 79.2 Å². The van der Waals surface area contributed by atoms with Crippen molar-refractivity contribution in [2.75, 3.05) is 6.54 Å². The quantitative estimate of drug-likeness (QED) is 0.613. The lowest BCUT2D eigenvalue weighted by Crippen LogP contribution is -2.44. The number of nitrogens with zero attached hydrogens (tertiary/aromatic N) is 1. The van der Waals surface area contributed by atoms with E-state index in [-0.39, 0.29) is 0 Å². The van der Waals surface area contributed by atoms with E-state index in [2.05, 4.69) is 0 Å². The average Bonchev–Trinajstić information content (AvgIpc) is 2.04. The van der Waals surface area contributed by atoms with Crippen molar-refractivity contribution in [3.63, 3.8) is 0 Å². The summed E-state index contributed by atoms with van der Waals surface area (Å²) < 4.78 is 0. The maximum atomic E-state index is 11.3. The Bertz CT molecular complexity index is 157. The minimum atomic E-state index is -1.04. The molecule has 2 atom stereocenters. The lowest BCUT2D eigenvalue weighted by Gasteiger charge is -2.26. The van der Waals surface area contributed by atoms with Gasteiger partial charge in [-0.1, -0.05) is 13.3 Å². The predicted octanol–water partition coefficient (Wildman–Crippen LogP) is 0.334. The molecule has 78 valence electrons. The fraction of sp³-hybridized carbons (Fsp3) is 0.889. The number of carbonyl (C=O) groups excluding carboxylic acids is 1. The lowest BCUT2D eigenvalue weighted by atomic mass is 10.2. The zero-order valence-corrected chi connectivity index (χ0v) is 8.53. The highest BCUT2D eigenvalue weighted by atomic mass is 16.3.